The Hall–Kier alpha value is -2.29. The Kier molecular flexibility index (Phi) is 2.52. The van der Waals surface area contributed by atoms with Crippen LogP contribution >= 0.6 is 0 Å². The van der Waals surface area contributed by atoms with Gasteiger partial charge >= 0.3 is 0 Å². The van der Waals surface area contributed by atoms with Crippen LogP contribution in [-0.4, -0.2) is 16.1 Å². The lowest BCUT2D eigenvalue weighted by Gasteiger charge is -2.06. The number of fused-ring (bicyclic) bond motifs is 2. The number of hydrogen-bond acceptors (Lipinski definition) is 2. The quantitative estimate of drug-likeness (QED) is 0.770. The maximum Gasteiger partial charge on any atom is 0.114 e. The van der Waals surface area contributed by atoms with E-state index < -0.39 is 0 Å². The Balaban J connectivity index is 1.72. The minimum absolute atomic E-state index is 0.875. The molecule has 1 N–H and O–H groups in total. The van der Waals surface area contributed by atoms with Crippen molar-refractivity contribution < 1.29 is 0 Å². The molecule has 3 heteroatoms. The molecule has 0 aliphatic carbocycles. The van der Waals surface area contributed by atoms with Gasteiger partial charge in [0.05, 0.1) is 11.0 Å². The fourth-order valence-electron chi connectivity index (χ4n) is 2.98. The Morgan fingerprint density at radius 3 is 3.00 bits per heavy atom. The smallest absolute Gasteiger partial charge is 0.114 e. The molecule has 4 rings (SSSR count). The van der Waals surface area contributed by atoms with Crippen molar-refractivity contribution in [1.82, 2.24) is 9.55 Å². The third-order valence-electron chi connectivity index (χ3n) is 4.13. The number of anilines is 1. The van der Waals surface area contributed by atoms with E-state index in [0.29, 0.717) is 0 Å². The number of rotatable bonds is 2. The Bertz CT molecular complexity index is 786. The summed E-state index contributed by atoms with van der Waals surface area (Å²) in [5, 5.41) is 3.44. The topological polar surface area (TPSA) is 29.9 Å². The molecule has 100 valence electrons. The summed E-state index contributed by atoms with van der Waals surface area (Å²) >= 11 is 0. The van der Waals surface area contributed by atoms with Crippen LogP contribution < -0.4 is 5.32 Å². The summed E-state index contributed by atoms with van der Waals surface area (Å²) in [6.07, 6.45) is 2.02. The fraction of sp³-hybridized carbons (Fsp3) is 0.235. The van der Waals surface area contributed by atoms with Crippen LogP contribution in [0.4, 0.5) is 5.69 Å². The number of nitrogens with zero attached hydrogens (tertiary/aromatic N) is 2. The van der Waals surface area contributed by atoms with Gasteiger partial charge in [-0.15, -0.1) is 0 Å². The van der Waals surface area contributed by atoms with Crippen molar-refractivity contribution in [3.8, 4) is 0 Å². The first-order chi connectivity index (χ1) is 9.81. The average Bonchev–Trinajstić information content (AvgIpc) is 3.05. The summed E-state index contributed by atoms with van der Waals surface area (Å²) in [5.41, 5.74) is 6.31. The van der Waals surface area contributed by atoms with Gasteiger partial charge in [-0.05, 0) is 35.7 Å². The van der Waals surface area contributed by atoms with Gasteiger partial charge in [-0.2, -0.15) is 0 Å². The van der Waals surface area contributed by atoms with Crippen molar-refractivity contribution in [2.45, 2.75) is 12.8 Å². The van der Waals surface area contributed by atoms with E-state index in [4.69, 9.17) is 4.98 Å². The molecule has 1 aliphatic rings. The van der Waals surface area contributed by atoms with Crippen molar-refractivity contribution in [3.63, 3.8) is 0 Å². The lowest BCUT2D eigenvalue weighted by atomic mass is 10.1. The minimum atomic E-state index is 0.875. The predicted molar refractivity (Wildman–Crippen MR) is 82.2 cm³/mol. The summed E-state index contributed by atoms with van der Waals surface area (Å²) < 4.78 is 2.19. The predicted octanol–water partition coefficient (Wildman–Crippen LogP) is 3.13. The van der Waals surface area contributed by atoms with Crippen LogP contribution in [0.2, 0.25) is 0 Å². The number of imidazole rings is 1. The normalized spacial score (nSPS) is 13.4. The summed E-state index contributed by atoms with van der Waals surface area (Å²) in [5.74, 6) is 1.11. The Morgan fingerprint density at radius 2 is 2.10 bits per heavy atom. The second-order valence-corrected chi connectivity index (χ2v) is 5.42. The number of aromatic nitrogens is 2. The van der Waals surface area contributed by atoms with Gasteiger partial charge in [-0.3, -0.25) is 0 Å². The fourth-order valence-corrected chi connectivity index (χ4v) is 2.98. The van der Waals surface area contributed by atoms with Crippen LogP contribution in [0.5, 0.6) is 0 Å². The highest BCUT2D eigenvalue weighted by atomic mass is 15.1. The lowest BCUT2D eigenvalue weighted by Crippen LogP contribution is -1.99. The van der Waals surface area contributed by atoms with Gasteiger partial charge in [0.2, 0.25) is 0 Å². The molecule has 0 radical (unpaired) electrons. The van der Waals surface area contributed by atoms with Crippen LogP contribution in [0.25, 0.3) is 11.0 Å². The summed E-state index contributed by atoms with van der Waals surface area (Å²) in [7, 11) is 2.09. The molecule has 0 saturated carbocycles. The van der Waals surface area contributed by atoms with Crippen molar-refractivity contribution in [2.75, 3.05) is 11.9 Å². The molecule has 2 heterocycles. The molecule has 0 saturated heterocycles. The van der Waals surface area contributed by atoms with Gasteiger partial charge in [0.15, 0.2) is 0 Å². The average molecular weight is 263 g/mol. The molecule has 0 spiro atoms. The molecule has 20 heavy (non-hydrogen) atoms. The number of benzene rings is 2. The van der Waals surface area contributed by atoms with E-state index in [1.54, 1.807) is 0 Å². The first kappa shape index (κ1) is 11.5. The molecular formula is C17H17N3. The van der Waals surface area contributed by atoms with E-state index in [2.05, 4.69) is 53.3 Å². The van der Waals surface area contributed by atoms with Gasteiger partial charge in [0, 0.05) is 25.7 Å². The number of hydrogen-bond donors (Lipinski definition) is 1. The largest absolute Gasteiger partial charge is 0.384 e. The zero-order valence-electron chi connectivity index (χ0n) is 11.6. The molecule has 3 nitrogen and oxygen atoms in total. The van der Waals surface area contributed by atoms with E-state index >= 15 is 0 Å². The van der Waals surface area contributed by atoms with E-state index in [-0.39, 0.29) is 0 Å². The minimum Gasteiger partial charge on any atom is -0.384 e. The van der Waals surface area contributed by atoms with E-state index in [1.165, 1.54) is 22.3 Å². The van der Waals surface area contributed by atoms with E-state index in [9.17, 15) is 0 Å². The summed E-state index contributed by atoms with van der Waals surface area (Å²) in [6, 6.07) is 15.0. The first-order valence-corrected chi connectivity index (χ1v) is 7.07. The molecule has 1 aromatic heterocycles. The second-order valence-electron chi connectivity index (χ2n) is 5.42. The summed E-state index contributed by atoms with van der Waals surface area (Å²) in [6.45, 7) is 1.06. The summed E-state index contributed by atoms with van der Waals surface area (Å²) in [4.78, 5) is 4.74. The molecule has 0 atom stereocenters. The van der Waals surface area contributed by atoms with Gasteiger partial charge in [0.1, 0.15) is 5.82 Å². The van der Waals surface area contributed by atoms with Crippen molar-refractivity contribution >= 4 is 16.7 Å². The monoisotopic (exact) mass is 263 g/mol. The van der Waals surface area contributed by atoms with E-state index in [1.807, 2.05) is 6.07 Å². The highest BCUT2D eigenvalue weighted by molar-refractivity contribution is 5.75. The number of para-hydroxylation sites is 2. The van der Waals surface area contributed by atoms with Crippen molar-refractivity contribution in [1.29, 1.82) is 0 Å². The molecule has 0 bridgehead atoms. The van der Waals surface area contributed by atoms with Crippen LogP contribution in [0, 0.1) is 0 Å². The van der Waals surface area contributed by atoms with Gasteiger partial charge < -0.3 is 9.88 Å². The molecule has 3 aromatic rings. The van der Waals surface area contributed by atoms with Crippen LogP contribution in [0.1, 0.15) is 17.0 Å². The lowest BCUT2D eigenvalue weighted by molar-refractivity contribution is 0.845. The third kappa shape index (κ3) is 1.78. The Labute approximate surface area is 118 Å². The van der Waals surface area contributed by atoms with Crippen molar-refractivity contribution in [3.05, 3.63) is 59.4 Å². The molecule has 1 aliphatic heterocycles. The molecular weight excluding hydrogens is 246 g/mol. The first-order valence-electron chi connectivity index (χ1n) is 7.07. The number of nitrogens with one attached hydrogen (secondary N) is 1. The standard InChI is InChI=1S/C17H17N3/c1-20-16-5-3-2-4-14(16)19-17(20)11-12-6-7-13-8-9-18-15(13)10-12/h2-7,10,18H,8-9,11H2,1H3. The van der Waals surface area contributed by atoms with Gasteiger partial charge in [0.25, 0.3) is 0 Å². The van der Waals surface area contributed by atoms with Crippen molar-refractivity contribution in [2.24, 2.45) is 7.05 Å². The maximum absolute atomic E-state index is 4.74. The van der Waals surface area contributed by atoms with Gasteiger partial charge in [-0.1, -0.05) is 24.3 Å². The van der Waals surface area contributed by atoms with Crippen LogP contribution in [0.15, 0.2) is 42.5 Å². The van der Waals surface area contributed by atoms with Crippen LogP contribution in [0.3, 0.4) is 0 Å². The molecule has 0 amide bonds. The molecule has 0 fully saturated rings. The highest BCUT2D eigenvalue weighted by Crippen LogP contribution is 2.25. The van der Waals surface area contributed by atoms with Crippen LogP contribution in [-0.2, 0) is 19.9 Å². The third-order valence-corrected chi connectivity index (χ3v) is 4.13. The zero-order valence-corrected chi connectivity index (χ0v) is 11.6. The number of aryl methyl sites for hydroxylation is 1. The molecule has 2 aromatic carbocycles. The van der Waals surface area contributed by atoms with E-state index in [0.717, 1.165) is 30.7 Å². The second kappa shape index (κ2) is 4.37. The zero-order chi connectivity index (χ0) is 13.5. The maximum atomic E-state index is 4.74. The molecule has 0 unspecified atom stereocenters. The SMILES string of the molecule is Cn1c(Cc2ccc3c(c2)NCC3)nc2ccccc21. The highest BCUT2D eigenvalue weighted by Gasteiger charge is 2.12. The Morgan fingerprint density at radius 1 is 1.20 bits per heavy atom. The van der Waals surface area contributed by atoms with Gasteiger partial charge in [-0.25, -0.2) is 4.98 Å².